The molecule has 0 bridgehead atoms. The van der Waals surface area contributed by atoms with Crippen molar-refractivity contribution < 1.29 is 9.59 Å². The lowest BCUT2D eigenvalue weighted by atomic mass is 9.94. The zero-order chi connectivity index (χ0) is 16.2. The predicted molar refractivity (Wildman–Crippen MR) is 88.0 cm³/mol. The van der Waals surface area contributed by atoms with Crippen LogP contribution in [0.4, 0.5) is 5.13 Å². The topological polar surface area (TPSA) is 71.1 Å². The third kappa shape index (κ3) is 4.54. The van der Waals surface area contributed by atoms with Crippen molar-refractivity contribution in [2.24, 2.45) is 0 Å². The molecule has 0 aliphatic rings. The summed E-state index contributed by atoms with van der Waals surface area (Å²) in [5.74, 6) is -0.756. The van der Waals surface area contributed by atoms with Crippen LogP contribution in [0.5, 0.6) is 0 Å². The number of halogens is 1. The van der Waals surface area contributed by atoms with E-state index in [2.05, 4.69) is 15.6 Å². The lowest BCUT2D eigenvalue weighted by Crippen LogP contribution is -2.42. The highest BCUT2D eigenvalue weighted by molar-refractivity contribution is 7.13. The molecule has 0 spiro atoms. The number of benzene rings is 1. The fourth-order valence-corrected chi connectivity index (χ4v) is 2.67. The molecule has 2 amide bonds. The van der Waals surface area contributed by atoms with Crippen molar-refractivity contribution >= 4 is 39.9 Å². The number of thiazole rings is 1. The number of carbonyl (C=O) groups is 2. The molecule has 2 aromatic rings. The molecule has 0 saturated carbocycles. The minimum atomic E-state index is -0.622. The Morgan fingerprint density at radius 2 is 2.09 bits per heavy atom. The smallest absolute Gasteiger partial charge is 0.235 e. The molecule has 7 heteroatoms. The molecule has 0 unspecified atom stereocenters. The zero-order valence-corrected chi connectivity index (χ0v) is 13.8. The number of rotatable bonds is 5. The van der Waals surface area contributed by atoms with Crippen LogP contribution in [0.3, 0.4) is 0 Å². The van der Waals surface area contributed by atoms with Gasteiger partial charge < -0.3 is 10.6 Å². The van der Waals surface area contributed by atoms with E-state index in [1.54, 1.807) is 23.7 Å². The quantitative estimate of drug-likeness (QED) is 0.823. The van der Waals surface area contributed by atoms with Crippen molar-refractivity contribution in [2.75, 3.05) is 5.32 Å². The van der Waals surface area contributed by atoms with Gasteiger partial charge in [-0.2, -0.15) is 0 Å². The van der Waals surface area contributed by atoms with Gasteiger partial charge in [0.25, 0.3) is 0 Å². The number of nitrogens with zero attached hydrogens (tertiary/aromatic N) is 1. The third-order valence-electron chi connectivity index (χ3n) is 3.00. The van der Waals surface area contributed by atoms with Gasteiger partial charge >= 0.3 is 0 Å². The van der Waals surface area contributed by atoms with Crippen LogP contribution in [0.25, 0.3) is 0 Å². The summed E-state index contributed by atoms with van der Waals surface area (Å²) >= 11 is 7.27. The van der Waals surface area contributed by atoms with Crippen molar-refractivity contribution in [3.63, 3.8) is 0 Å². The van der Waals surface area contributed by atoms with Gasteiger partial charge in [-0.1, -0.05) is 23.7 Å². The summed E-state index contributed by atoms with van der Waals surface area (Å²) in [6.45, 7) is 3.71. The molecule has 0 radical (unpaired) electrons. The Balaban J connectivity index is 1.94. The second-order valence-electron chi connectivity index (χ2n) is 5.25. The molecule has 2 rings (SSSR count). The van der Waals surface area contributed by atoms with Crippen molar-refractivity contribution in [1.29, 1.82) is 0 Å². The fraction of sp³-hybridized carbons (Fsp3) is 0.267. The van der Waals surface area contributed by atoms with E-state index >= 15 is 0 Å². The molecule has 0 atom stereocenters. The molecular weight excluding hydrogens is 322 g/mol. The molecule has 0 aliphatic heterocycles. The Labute approximate surface area is 137 Å². The van der Waals surface area contributed by atoms with E-state index in [1.807, 2.05) is 26.0 Å². The number of hydrogen-bond donors (Lipinski definition) is 2. The van der Waals surface area contributed by atoms with Gasteiger partial charge in [-0.15, -0.1) is 11.3 Å². The first kappa shape index (κ1) is 16.5. The Hall–Kier alpha value is -1.92. The summed E-state index contributed by atoms with van der Waals surface area (Å²) in [7, 11) is 0. The molecule has 0 saturated heterocycles. The van der Waals surface area contributed by atoms with Gasteiger partial charge in [0, 0.05) is 16.6 Å². The van der Waals surface area contributed by atoms with Crippen molar-refractivity contribution in [3.8, 4) is 0 Å². The maximum atomic E-state index is 12.0. The minimum Gasteiger partial charge on any atom is -0.347 e. The van der Waals surface area contributed by atoms with E-state index in [0.29, 0.717) is 10.2 Å². The Kier molecular flexibility index (Phi) is 5.15. The second kappa shape index (κ2) is 6.89. The summed E-state index contributed by atoms with van der Waals surface area (Å²) in [4.78, 5) is 27.7. The Bertz CT molecular complexity index is 671. The monoisotopic (exact) mass is 337 g/mol. The second-order valence-corrected chi connectivity index (χ2v) is 6.58. The van der Waals surface area contributed by atoms with Gasteiger partial charge in [0.05, 0.1) is 5.54 Å². The van der Waals surface area contributed by atoms with Crippen LogP contribution in [0.15, 0.2) is 35.8 Å². The molecule has 0 aliphatic carbocycles. The third-order valence-corrected chi connectivity index (χ3v) is 3.92. The van der Waals surface area contributed by atoms with Gasteiger partial charge in [-0.3, -0.25) is 9.59 Å². The highest BCUT2D eigenvalue weighted by Gasteiger charge is 2.24. The molecule has 116 valence electrons. The van der Waals surface area contributed by atoms with Crippen LogP contribution in [-0.4, -0.2) is 16.8 Å². The molecule has 1 aromatic heterocycles. The number of amides is 2. The number of hydrogen-bond acceptors (Lipinski definition) is 4. The van der Waals surface area contributed by atoms with Crippen molar-refractivity contribution in [3.05, 3.63) is 46.4 Å². The molecule has 1 heterocycles. The molecular formula is C15H16ClN3O2S. The Morgan fingerprint density at radius 3 is 2.73 bits per heavy atom. The van der Waals surface area contributed by atoms with Crippen LogP contribution >= 0.6 is 22.9 Å². The largest absolute Gasteiger partial charge is 0.347 e. The van der Waals surface area contributed by atoms with E-state index in [1.165, 1.54) is 11.3 Å². The van der Waals surface area contributed by atoms with E-state index in [-0.39, 0.29) is 12.3 Å². The van der Waals surface area contributed by atoms with Gasteiger partial charge in [0.2, 0.25) is 11.8 Å². The van der Waals surface area contributed by atoms with Crippen LogP contribution in [0.2, 0.25) is 5.02 Å². The molecule has 2 N–H and O–H groups in total. The number of aromatic nitrogens is 1. The first-order chi connectivity index (χ1) is 10.4. The van der Waals surface area contributed by atoms with Crippen LogP contribution in [0, 0.1) is 0 Å². The van der Waals surface area contributed by atoms with E-state index < -0.39 is 11.4 Å². The lowest BCUT2D eigenvalue weighted by molar-refractivity contribution is -0.127. The van der Waals surface area contributed by atoms with Gasteiger partial charge in [-0.05, 0) is 31.5 Å². The van der Waals surface area contributed by atoms with Gasteiger partial charge in [0.1, 0.15) is 6.42 Å². The van der Waals surface area contributed by atoms with E-state index in [0.717, 1.165) is 5.56 Å². The highest BCUT2D eigenvalue weighted by atomic mass is 35.5. The standard InChI is InChI=1S/C15H16ClN3O2S/c1-15(2,10-4-3-5-11(16)8-10)19-13(21)9-12(20)18-14-17-6-7-22-14/h3-8H,9H2,1-2H3,(H,19,21)(H,17,18,20). The summed E-state index contributed by atoms with van der Waals surface area (Å²) in [6.07, 6.45) is 1.33. The summed E-state index contributed by atoms with van der Waals surface area (Å²) < 4.78 is 0. The minimum absolute atomic E-state index is 0.260. The van der Waals surface area contributed by atoms with E-state index in [9.17, 15) is 9.59 Å². The average molecular weight is 338 g/mol. The molecule has 1 aromatic carbocycles. The van der Waals surface area contributed by atoms with Gasteiger partial charge in [0.15, 0.2) is 5.13 Å². The number of carbonyl (C=O) groups excluding carboxylic acids is 2. The molecule has 0 fully saturated rings. The van der Waals surface area contributed by atoms with Gasteiger partial charge in [-0.25, -0.2) is 4.98 Å². The summed E-state index contributed by atoms with van der Waals surface area (Å²) in [6, 6.07) is 7.25. The normalized spacial score (nSPS) is 11.0. The fourth-order valence-electron chi connectivity index (χ4n) is 1.94. The summed E-state index contributed by atoms with van der Waals surface area (Å²) in [5, 5.41) is 8.23. The van der Waals surface area contributed by atoms with Crippen LogP contribution in [0.1, 0.15) is 25.8 Å². The van der Waals surface area contributed by atoms with Crippen LogP contribution in [-0.2, 0) is 15.1 Å². The first-order valence-corrected chi connectivity index (χ1v) is 7.89. The maximum Gasteiger partial charge on any atom is 0.235 e. The molecule has 22 heavy (non-hydrogen) atoms. The molecule has 5 nitrogen and oxygen atoms in total. The zero-order valence-electron chi connectivity index (χ0n) is 12.2. The maximum absolute atomic E-state index is 12.0. The number of anilines is 1. The van der Waals surface area contributed by atoms with Crippen LogP contribution < -0.4 is 10.6 Å². The lowest BCUT2D eigenvalue weighted by Gasteiger charge is -2.27. The number of nitrogens with one attached hydrogen (secondary N) is 2. The van der Waals surface area contributed by atoms with Crippen molar-refractivity contribution in [1.82, 2.24) is 10.3 Å². The van der Waals surface area contributed by atoms with Crippen molar-refractivity contribution in [2.45, 2.75) is 25.8 Å². The van der Waals surface area contributed by atoms with E-state index in [4.69, 9.17) is 11.6 Å². The average Bonchev–Trinajstić information content (AvgIpc) is 2.90. The summed E-state index contributed by atoms with van der Waals surface area (Å²) in [5.41, 5.74) is 0.248. The Morgan fingerprint density at radius 1 is 1.32 bits per heavy atom. The SMILES string of the molecule is CC(C)(NC(=O)CC(=O)Nc1nccs1)c1cccc(Cl)c1. The predicted octanol–water partition coefficient (Wildman–Crippen LogP) is 3.18. The highest BCUT2D eigenvalue weighted by Crippen LogP contribution is 2.23. The first-order valence-electron chi connectivity index (χ1n) is 6.63.